The molecular weight excluding hydrogens is 224 g/mol. The van der Waals surface area contributed by atoms with Crippen LogP contribution in [0, 0.1) is 5.92 Å². The number of fused-ring (bicyclic) bond motifs is 2. The highest BCUT2D eigenvalue weighted by Crippen LogP contribution is 2.33. The summed E-state index contributed by atoms with van der Waals surface area (Å²) in [7, 11) is 2.11. The average molecular weight is 254 g/mol. The highest BCUT2D eigenvalue weighted by Gasteiger charge is 2.37. The van der Waals surface area contributed by atoms with Crippen molar-refractivity contribution in [2.24, 2.45) is 5.92 Å². The fourth-order valence-corrected chi connectivity index (χ4v) is 3.57. The molecule has 2 rings (SSSR count). The van der Waals surface area contributed by atoms with Gasteiger partial charge in [-0.05, 0) is 38.6 Å². The normalized spacial score (nSPS) is 33.0. The number of piperidine rings is 2. The van der Waals surface area contributed by atoms with Crippen molar-refractivity contribution in [3.05, 3.63) is 0 Å². The molecular formula is C15H30N2O. The first-order chi connectivity index (χ1) is 8.70. The van der Waals surface area contributed by atoms with E-state index in [0.29, 0.717) is 5.92 Å². The van der Waals surface area contributed by atoms with Crippen LogP contribution in [0.25, 0.3) is 0 Å². The molecule has 3 nitrogen and oxygen atoms in total. The molecule has 3 heteroatoms. The highest BCUT2D eigenvalue weighted by molar-refractivity contribution is 4.94. The largest absolute Gasteiger partial charge is 0.380 e. The molecule has 2 unspecified atom stereocenters. The molecule has 2 aliphatic rings. The summed E-state index contributed by atoms with van der Waals surface area (Å²) in [6.07, 6.45) is 6.86. The van der Waals surface area contributed by atoms with Gasteiger partial charge in [0.1, 0.15) is 0 Å². The Morgan fingerprint density at radius 3 is 2.44 bits per heavy atom. The van der Waals surface area contributed by atoms with Crippen LogP contribution in [0.2, 0.25) is 0 Å². The third kappa shape index (κ3) is 3.69. The van der Waals surface area contributed by atoms with E-state index in [2.05, 4.69) is 31.1 Å². The van der Waals surface area contributed by atoms with E-state index in [1.54, 1.807) is 0 Å². The quantitative estimate of drug-likeness (QED) is 0.736. The fourth-order valence-electron chi connectivity index (χ4n) is 3.57. The Bertz CT molecular complexity index is 231. The lowest BCUT2D eigenvalue weighted by Crippen LogP contribution is -2.56. The van der Waals surface area contributed by atoms with E-state index in [-0.39, 0.29) is 0 Å². The van der Waals surface area contributed by atoms with Gasteiger partial charge in [0.05, 0.1) is 6.61 Å². The van der Waals surface area contributed by atoms with E-state index in [9.17, 15) is 0 Å². The zero-order chi connectivity index (χ0) is 13.0. The molecule has 0 aromatic rings. The SMILES string of the molecule is CNC1CC2CCCC(C1)N2CCOCC(C)C. The minimum Gasteiger partial charge on any atom is -0.380 e. The van der Waals surface area contributed by atoms with Gasteiger partial charge in [0.2, 0.25) is 0 Å². The Hall–Kier alpha value is -0.120. The molecule has 2 atom stereocenters. The first-order valence-electron chi connectivity index (χ1n) is 7.71. The lowest BCUT2D eigenvalue weighted by Gasteiger charge is -2.49. The Kier molecular flexibility index (Phi) is 5.46. The number of ether oxygens (including phenoxy) is 1. The third-order valence-electron chi connectivity index (χ3n) is 4.48. The van der Waals surface area contributed by atoms with E-state index in [1.165, 1.54) is 32.1 Å². The maximum absolute atomic E-state index is 5.76. The molecule has 2 heterocycles. The van der Waals surface area contributed by atoms with E-state index in [4.69, 9.17) is 4.74 Å². The van der Waals surface area contributed by atoms with Gasteiger partial charge in [-0.15, -0.1) is 0 Å². The zero-order valence-corrected chi connectivity index (χ0v) is 12.3. The smallest absolute Gasteiger partial charge is 0.0593 e. The third-order valence-corrected chi connectivity index (χ3v) is 4.48. The van der Waals surface area contributed by atoms with Crippen LogP contribution in [0.3, 0.4) is 0 Å². The van der Waals surface area contributed by atoms with E-state index >= 15 is 0 Å². The first kappa shape index (κ1) is 14.3. The van der Waals surface area contributed by atoms with Gasteiger partial charge in [-0.25, -0.2) is 0 Å². The summed E-state index contributed by atoms with van der Waals surface area (Å²) >= 11 is 0. The summed E-state index contributed by atoms with van der Waals surface area (Å²) in [5.41, 5.74) is 0. The van der Waals surface area contributed by atoms with Crippen molar-refractivity contribution in [3.63, 3.8) is 0 Å². The minimum atomic E-state index is 0.652. The maximum Gasteiger partial charge on any atom is 0.0593 e. The van der Waals surface area contributed by atoms with E-state index in [0.717, 1.165) is 37.9 Å². The molecule has 0 aliphatic carbocycles. The second-order valence-corrected chi connectivity index (χ2v) is 6.40. The van der Waals surface area contributed by atoms with Crippen LogP contribution in [0.15, 0.2) is 0 Å². The molecule has 0 amide bonds. The van der Waals surface area contributed by atoms with Crippen LogP contribution < -0.4 is 5.32 Å². The van der Waals surface area contributed by atoms with Crippen molar-refractivity contribution in [2.45, 2.75) is 64.1 Å². The summed E-state index contributed by atoms with van der Waals surface area (Å²) in [4.78, 5) is 2.73. The summed E-state index contributed by atoms with van der Waals surface area (Å²) in [5, 5.41) is 3.48. The van der Waals surface area contributed by atoms with Crippen LogP contribution in [0.5, 0.6) is 0 Å². The predicted octanol–water partition coefficient (Wildman–Crippen LogP) is 2.26. The second-order valence-electron chi connectivity index (χ2n) is 6.40. The standard InChI is InChI=1S/C15H30N2O/c1-12(2)11-18-8-7-17-14-5-4-6-15(17)10-13(9-14)16-3/h12-16H,4-11H2,1-3H3. The Labute approximate surface area is 112 Å². The monoisotopic (exact) mass is 254 g/mol. The molecule has 106 valence electrons. The van der Waals surface area contributed by atoms with E-state index < -0.39 is 0 Å². The van der Waals surface area contributed by atoms with Gasteiger partial charge in [0.15, 0.2) is 0 Å². The van der Waals surface area contributed by atoms with Gasteiger partial charge in [0.25, 0.3) is 0 Å². The molecule has 2 bridgehead atoms. The Morgan fingerprint density at radius 1 is 1.22 bits per heavy atom. The maximum atomic E-state index is 5.76. The number of rotatable bonds is 6. The predicted molar refractivity (Wildman–Crippen MR) is 75.9 cm³/mol. The summed E-state index contributed by atoms with van der Waals surface area (Å²) in [6, 6.07) is 2.35. The highest BCUT2D eigenvalue weighted by atomic mass is 16.5. The fraction of sp³-hybridized carbons (Fsp3) is 1.00. The first-order valence-corrected chi connectivity index (χ1v) is 7.71. The Balaban J connectivity index is 1.77. The molecule has 2 saturated heterocycles. The van der Waals surface area contributed by atoms with Crippen LogP contribution in [0.1, 0.15) is 46.0 Å². The van der Waals surface area contributed by atoms with Gasteiger partial charge in [-0.3, -0.25) is 4.90 Å². The van der Waals surface area contributed by atoms with Gasteiger partial charge in [-0.2, -0.15) is 0 Å². The molecule has 0 aromatic carbocycles. The lowest BCUT2D eigenvalue weighted by molar-refractivity contribution is -0.00295. The molecule has 2 fully saturated rings. The molecule has 18 heavy (non-hydrogen) atoms. The molecule has 0 radical (unpaired) electrons. The summed E-state index contributed by atoms with van der Waals surface area (Å²) in [6.45, 7) is 7.39. The van der Waals surface area contributed by atoms with Crippen molar-refractivity contribution in [3.8, 4) is 0 Å². The summed E-state index contributed by atoms with van der Waals surface area (Å²) in [5.74, 6) is 0.652. The second kappa shape index (κ2) is 6.88. The minimum absolute atomic E-state index is 0.652. The van der Waals surface area contributed by atoms with Crippen LogP contribution >= 0.6 is 0 Å². The van der Waals surface area contributed by atoms with Crippen molar-refractivity contribution in [1.82, 2.24) is 10.2 Å². The van der Waals surface area contributed by atoms with Crippen LogP contribution in [0.4, 0.5) is 0 Å². The van der Waals surface area contributed by atoms with Crippen molar-refractivity contribution in [2.75, 3.05) is 26.8 Å². The molecule has 0 aromatic heterocycles. The van der Waals surface area contributed by atoms with Gasteiger partial charge in [-0.1, -0.05) is 20.3 Å². The molecule has 0 saturated carbocycles. The topological polar surface area (TPSA) is 24.5 Å². The Morgan fingerprint density at radius 2 is 1.89 bits per heavy atom. The van der Waals surface area contributed by atoms with Crippen molar-refractivity contribution >= 4 is 0 Å². The van der Waals surface area contributed by atoms with Gasteiger partial charge >= 0.3 is 0 Å². The average Bonchev–Trinajstić information content (AvgIpc) is 2.33. The number of nitrogens with zero attached hydrogens (tertiary/aromatic N) is 1. The number of hydrogen-bond donors (Lipinski definition) is 1. The summed E-state index contributed by atoms with van der Waals surface area (Å²) < 4.78 is 5.76. The zero-order valence-electron chi connectivity index (χ0n) is 12.3. The molecule has 1 N–H and O–H groups in total. The van der Waals surface area contributed by atoms with Gasteiger partial charge < -0.3 is 10.1 Å². The van der Waals surface area contributed by atoms with Crippen LogP contribution in [-0.2, 0) is 4.74 Å². The van der Waals surface area contributed by atoms with Crippen LogP contribution in [-0.4, -0.2) is 49.8 Å². The van der Waals surface area contributed by atoms with Gasteiger partial charge in [0, 0.05) is 31.3 Å². The molecule has 2 aliphatic heterocycles. The van der Waals surface area contributed by atoms with Crippen molar-refractivity contribution in [1.29, 1.82) is 0 Å². The lowest BCUT2D eigenvalue weighted by atomic mass is 9.82. The number of hydrogen-bond acceptors (Lipinski definition) is 3. The van der Waals surface area contributed by atoms with E-state index in [1.807, 2.05) is 0 Å². The molecule has 0 spiro atoms. The van der Waals surface area contributed by atoms with Crippen molar-refractivity contribution < 1.29 is 4.74 Å². The number of nitrogens with one attached hydrogen (secondary N) is 1.